The molecule has 0 unspecified atom stereocenters. The molecule has 1 saturated heterocycles. The second-order valence-corrected chi connectivity index (χ2v) is 9.04. The third kappa shape index (κ3) is 4.62. The average Bonchev–Trinajstić information content (AvgIpc) is 3.26. The van der Waals surface area contributed by atoms with Crippen molar-refractivity contribution < 1.29 is 13.9 Å². The molecule has 2 N–H and O–H groups in total. The number of anilines is 2. The lowest BCUT2D eigenvalue weighted by Crippen LogP contribution is -2.50. The average molecular weight is 479 g/mol. The Balaban J connectivity index is 1.28. The fourth-order valence-corrected chi connectivity index (χ4v) is 4.82. The first-order chi connectivity index (χ1) is 16.5. The lowest BCUT2D eigenvalue weighted by molar-refractivity contribution is -0.133. The molecule has 34 heavy (non-hydrogen) atoms. The van der Waals surface area contributed by atoms with Crippen LogP contribution in [0.25, 0.3) is 20.9 Å². The molecule has 4 aromatic rings. The topological polar surface area (TPSA) is 97.5 Å². The number of nitrogens with two attached hydrogens (primary N) is 1. The number of nitrogen functional groups attached to an aromatic ring is 1. The standard InChI is InChI=1S/C24H23FN6O2S/c1-15-3-2-4-18(13-15)33-14-19(32)30-9-11-31(12-10-30)21-20-23(29-24(26)28-21)34-22(27-20)16-5-7-17(25)8-6-16/h2-8,13H,9-12,14H2,1H3,(H2,26,28,29). The molecule has 0 atom stereocenters. The maximum absolute atomic E-state index is 13.3. The second-order valence-electron chi connectivity index (χ2n) is 8.06. The van der Waals surface area contributed by atoms with Crippen LogP contribution < -0.4 is 15.4 Å². The number of carbonyl (C=O) groups is 1. The Morgan fingerprint density at radius 2 is 1.85 bits per heavy atom. The molecule has 1 fully saturated rings. The van der Waals surface area contributed by atoms with E-state index in [4.69, 9.17) is 15.5 Å². The van der Waals surface area contributed by atoms with Crippen molar-refractivity contribution in [2.75, 3.05) is 43.4 Å². The predicted octanol–water partition coefficient (Wildman–Crippen LogP) is 3.51. The van der Waals surface area contributed by atoms with Gasteiger partial charge in [-0.1, -0.05) is 23.5 Å². The minimum Gasteiger partial charge on any atom is -0.484 e. The van der Waals surface area contributed by atoms with Gasteiger partial charge in [-0.2, -0.15) is 4.98 Å². The summed E-state index contributed by atoms with van der Waals surface area (Å²) in [5, 5.41) is 0.721. The number of thiazole rings is 1. The Kier molecular flexibility index (Phi) is 5.97. The lowest BCUT2D eigenvalue weighted by atomic mass is 10.2. The summed E-state index contributed by atoms with van der Waals surface area (Å²) < 4.78 is 19.0. The van der Waals surface area contributed by atoms with Gasteiger partial charge in [0, 0.05) is 31.7 Å². The highest BCUT2D eigenvalue weighted by Gasteiger charge is 2.25. The highest BCUT2D eigenvalue weighted by Crippen LogP contribution is 2.34. The van der Waals surface area contributed by atoms with E-state index in [0.717, 1.165) is 16.1 Å². The molecule has 2 aromatic carbocycles. The molecular weight excluding hydrogens is 455 g/mol. The number of aromatic nitrogens is 3. The van der Waals surface area contributed by atoms with Crippen LogP contribution in [0.4, 0.5) is 16.2 Å². The van der Waals surface area contributed by atoms with E-state index in [9.17, 15) is 9.18 Å². The van der Waals surface area contributed by atoms with Crippen LogP contribution in [0.1, 0.15) is 5.56 Å². The lowest BCUT2D eigenvalue weighted by Gasteiger charge is -2.35. The highest BCUT2D eigenvalue weighted by molar-refractivity contribution is 7.21. The SMILES string of the molecule is Cc1cccc(OCC(=O)N2CCN(c3nc(N)nc4sc(-c5ccc(F)cc5)nc34)CC2)c1. The first-order valence-electron chi connectivity index (χ1n) is 10.9. The van der Waals surface area contributed by atoms with Gasteiger partial charge < -0.3 is 20.3 Å². The van der Waals surface area contributed by atoms with Gasteiger partial charge in [-0.25, -0.2) is 14.4 Å². The number of carbonyl (C=O) groups excluding carboxylic acids is 1. The van der Waals surface area contributed by atoms with E-state index < -0.39 is 0 Å². The summed E-state index contributed by atoms with van der Waals surface area (Å²) in [6.45, 7) is 4.24. The van der Waals surface area contributed by atoms with Gasteiger partial charge in [0.05, 0.1) is 0 Å². The number of rotatable bonds is 5. The first-order valence-corrected chi connectivity index (χ1v) is 11.7. The van der Waals surface area contributed by atoms with Gasteiger partial charge in [0.2, 0.25) is 5.95 Å². The summed E-state index contributed by atoms with van der Waals surface area (Å²) in [5.74, 6) is 1.15. The van der Waals surface area contributed by atoms with Crippen molar-refractivity contribution in [3.63, 3.8) is 0 Å². The zero-order valence-electron chi connectivity index (χ0n) is 18.6. The van der Waals surface area contributed by atoms with E-state index in [0.29, 0.717) is 48.1 Å². The van der Waals surface area contributed by atoms with Gasteiger partial charge in [-0.05, 0) is 48.9 Å². The number of aryl methyl sites for hydroxylation is 1. The first kappa shape index (κ1) is 22.0. The largest absolute Gasteiger partial charge is 0.484 e. The Labute approximate surface area is 199 Å². The summed E-state index contributed by atoms with van der Waals surface area (Å²) in [7, 11) is 0. The Hall–Kier alpha value is -3.79. The van der Waals surface area contributed by atoms with Crippen LogP contribution in [0.2, 0.25) is 0 Å². The maximum Gasteiger partial charge on any atom is 0.260 e. The summed E-state index contributed by atoms with van der Waals surface area (Å²) >= 11 is 1.39. The van der Waals surface area contributed by atoms with Crippen LogP contribution >= 0.6 is 11.3 Å². The zero-order valence-corrected chi connectivity index (χ0v) is 19.4. The van der Waals surface area contributed by atoms with Gasteiger partial charge in [0.25, 0.3) is 5.91 Å². The minimum atomic E-state index is -0.300. The van der Waals surface area contributed by atoms with E-state index in [1.165, 1.54) is 23.5 Å². The van der Waals surface area contributed by atoms with Crippen molar-refractivity contribution in [3.8, 4) is 16.3 Å². The molecule has 0 spiro atoms. The van der Waals surface area contributed by atoms with Crippen molar-refractivity contribution >= 4 is 39.4 Å². The van der Waals surface area contributed by atoms with E-state index >= 15 is 0 Å². The number of halogens is 1. The summed E-state index contributed by atoms with van der Waals surface area (Å²) in [6, 6.07) is 13.8. The van der Waals surface area contributed by atoms with Crippen LogP contribution in [0.5, 0.6) is 5.75 Å². The Bertz CT molecular complexity index is 1340. The number of hydrogen-bond donors (Lipinski definition) is 1. The number of hydrogen-bond acceptors (Lipinski definition) is 8. The molecule has 174 valence electrons. The fourth-order valence-electron chi connectivity index (χ4n) is 3.87. The maximum atomic E-state index is 13.3. The number of nitrogens with zero attached hydrogens (tertiary/aromatic N) is 5. The third-order valence-electron chi connectivity index (χ3n) is 5.63. The van der Waals surface area contributed by atoms with E-state index in [2.05, 4.69) is 14.9 Å². The molecule has 5 rings (SSSR count). The molecule has 8 nitrogen and oxygen atoms in total. The zero-order chi connectivity index (χ0) is 23.7. The molecule has 0 radical (unpaired) electrons. The second kappa shape index (κ2) is 9.22. The Morgan fingerprint density at radius 1 is 1.09 bits per heavy atom. The van der Waals surface area contributed by atoms with Crippen molar-refractivity contribution in [3.05, 3.63) is 59.9 Å². The summed E-state index contributed by atoms with van der Waals surface area (Å²) in [4.78, 5) is 30.7. The molecule has 1 aliphatic heterocycles. The van der Waals surface area contributed by atoms with E-state index in [1.807, 2.05) is 31.2 Å². The van der Waals surface area contributed by atoms with Gasteiger partial charge in [-0.3, -0.25) is 4.79 Å². The third-order valence-corrected chi connectivity index (χ3v) is 6.63. The summed E-state index contributed by atoms with van der Waals surface area (Å²) in [6.07, 6.45) is 0. The van der Waals surface area contributed by atoms with Crippen LogP contribution in [0.3, 0.4) is 0 Å². The number of fused-ring (bicyclic) bond motifs is 1. The quantitative estimate of drug-likeness (QED) is 0.469. The van der Waals surface area contributed by atoms with Crippen molar-refractivity contribution in [2.45, 2.75) is 6.92 Å². The number of amides is 1. The van der Waals surface area contributed by atoms with Crippen LogP contribution in [0.15, 0.2) is 48.5 Å². The van der Waals surface area contributed by atoms with Crippen LogP contribution in [-0.4, -0.2) is 58.5 Å². The molecule has 3 heterocycles. The van der Waals surface area contributed by atoms with Crippen molar-refractivity contribution in [1.29, 1.82) is 0 Å². The molecule has 1 amide bonds. The monoisotopic (exact) mass is 478 g/mol. The normalized spacial score (nSPS) is 13.9. The minimum absolute atomic E-state index is 0.00126. The number of ether oxygens (including phenoxy) is 1. The predicted molar refractivity (Wildman–Crippen MR) is 130 cm³/mol. The highest BCUT2D eigenvalue weighted by atomic mass is 32.1. The molecular formula is C24H23FN6O2S. The molecule has 0 saturated carbocycles. The van der Waals surface area contributed by atoms with E-state index in [1.54, 1.807) is 17.0 Å². The summed E-state index contributed by atoms with van der Waals surface area (Å²) in [5.41, 5.74) is 8.52. The smallest absolute Gasteiger partial charge is 0.260 e. The van der Waals surface area contributed by atoms with Crippen molar-refractivity contribution in [1.82, 2.24) is 19.9 Å². The molecule has 0 bridgehead atoms. The van der Waals surface area contributed by atoms with Gasteiger partial charge in [-0.15, -0.1) is 0 Å². The molecule has 0 aliphatic carbocycles. The van der Waals surface area contributed by atoms with Gasteiger partial charge in [0.15, 0.2) is 17.3 Å². The van der Waals surface area contributed by atoms with Gasteiger partial charge in [0.1, 0.15) is 22.1 Å². The van der Waals surface area contributed by atoms with Crippen molar-refractivity contribution in [2.24, 2.45) is 0 Å². The number of benzene rings is 2. The fraction of sp³-hybridized carbons (Fsp3) is 0.250. The number of piperazine rings is 1. The molecule has 10 heteroatoms. The van der Waals surface area contributed by atoms with E-state index in [-0.39, 0.29) is 24.3 Å². The van der Waals surface area contributed by atoms with Crippen LogP contribution in [0, 0.1) is 12.7 Å². The molecule has 1 aliphatic rings. The molecule has 2 aromatic heterocycles. The Morgan fingerprint density at radius 3 is 2.59 bits per heavy atom. The van der Waals surface area contributed by atoms with Gasteiger partial charge >= 0.3 is 0 Å². The van der Waals surface area contributed by atoms with Crippen LogP contribution in [-0.2, 0) is 4.79 Å².